The molecule has 0 spiro atoms. The van der Waals surface area contributed by atoms with E-state index in [0.717, 1.165) is 12.8 Å². The van der Waals surface area contributed by atoms with E-state index >= 15 is 0 Å². The summed E-state index contributed by atoms with van der Waals surface area (Å²) in [6.07, 6.45) is 1.63. The molecule has 1 unspecified atom stereocenters. The molecule has 6 nitrogen and oxygen atoms in total. The summed E-state index contributed by atoms with van der Waals surface area (Å²) in [5.41, 5.74) is 6.45. The number of nitrogen functional groups attached to an aromatic ring is 1. The van der Waals surface area contributed by atoms with Gasteiger partial charge in [-0.2, -0.15) is 0 Å². The molecule has 2 rings (SSSR count). The zero-order valence-corrected chi connectivity index (χ0v) is 11.6. The van der Waals surface area contributed by atoms with Crippen LogP contribution in [0.3, 0.4) is 0 Å². The third-order valence-corrected chi connectivity index (χ3v) is 4.69. The van der Waals surface area contributed by atoms with Gasteiger partial charge in [-0.25, -0.2) is 13.1 Å². The number of nitrogens with one attached hydrogen (secondary N) is 2. The Labute approximate surface area is 113 Å². The lowest BCUT2D eigenvalue weighted by Crippen LogP contribution is -2.24. The van der Waals surface area contributed by atoms with Crippen LogP contribution in [0.4, 0.5) is 11.4 Å². The summed E-state index contributed by atoms with van der Waals surface area (Å²) in [7, 11) is -2.23. The predicted octanol–water partition coefficient (Wildman–Crippen LogP) is 0.360. The summed E-state index contributed by atoms with van der Waals surface area (Å²) < 4.78 is 26.1. The summed E-state index contributed by atoms with van der Waals surface area (Å²) in [5, 5.41) is 12.8. The Kier molecular flexibility index (Phi) is 3.98. The molecule has 1 aromatic carbocycles. The van der Waals surface area contributed by atoms with Crippen molar-refractivity contribution in [2.45, 2.75) is 23.8 Å². The van der Waals surface area contributed by atoms with E-state index in [-0.39, 0.29) is 4.90 Å². The topological polar surface area (TPSA) is 104 Å². The number of benzene rings is 1. The monoisotopic (exact) mass is 285 g/mol. The highest BCUT2D eigenvalue weighted by molar-refractivity contribution is 7.89. The number of rotatable bonds is 6. The van der Waals surface area contributed by atoms with Crippen molar-refractivity contribution < 1.29 is 13.5 Å². The normalized spacial score (nSPS) is 17.2. The highest BCUT2D eigenvalue weighted by Crippen LogP contribution is 2.33. The molecule has 106 valence electrons. The molecule has 1 fully saturated rings. The number of anilines is 2. The van der Waals surface area contributed by atoms with Gasteiger partial charge in [0.1, 0.15) is 4.90 Å². The first-order valence-electron chi connectivity index (χ1n) is 6.19. The fraction of sp³-hybridized carbons (Fsp3) is 0.500. The first kappa shape index (κ1) is 14.1. The number of hydrogen-bond donors (Lipinski definition) is 4. The Bertz CT molecular complexity index is 555. The maximum Gasteiger partial charge on any atom is 0.242 e. The maximum absolute atomic E-state index is 11.9. The quantitative estimate of drug-likeness (QED) is 0.565. The van der Waals surface area contributed by atoms with Crippen LogP contribution in [0.25, 0.3) is 0 Å². The summed E-state index contributed by atoms with van der Waals surface area (Å²) in [6.45, 7) is 0.334. The van der Waals surface area contributed by atoms with Crippen LogP contribution in [-0.2, 0) is 10.0 Å². The second-order valence-electron chi connectivity index (χ2n) is 4.75. The molecule has 1 atom stereocenters. The summed E-state index contributed by atoms with van der Waals surface area (Å²) in [6, 6.07) is 4.64. The van der Waals surface area contributed by atoms with E-state index in [1.54, 1.807) is 12.1 Å². The highest BCUT2D eigenvalue weighted by atomic mass is 32.2. The Morgan fingerprint density at radius 2 is 2.16 bits per heavy atom. The molecule has 7 heteroatoms. The number of aliphatic hydroxyl groups excluding tert-OH is 1. The lowest BCUT2D eigenvalue weighted by molar-refractivity contribution is 0.164. The third kappa shape index (κ3) is 3.37. The Morgan fingerprint density at radius 3 is 2.74 bits per heavy atom. The average molecular weight is 285 g/mol. The maximum atomic E-state index is 11.9. The SMILES string of the molecule is CNS(=O)(=O)c1cc(N)ccc1NCC(O)C1CC1. The van der Waals surface area contributed by atoms with Crippen molar-refractivity contribution in [3.63, 3.8) is 0 Å². The standard InChI is InChI=1S/C12H19N3O3S/c1-14-19(17,18)12-6-9(13)4-5-10(12)15-7-11(16)8-2-3-8/h4-6,8,11,14-16H,2-3,7,13H2,1H3. The van der Waals surface area contributed by atoms with Crippen molar-refractivity contribution in [3.05, 3.63) is 18.2 Å². The molecule has 1 aliphatic carbocycles. The molecular formula is C12H19N3O3S. The van der Waals surface area contributed by atoms with Crippen molar-refractivity contribution in [1.29, 1.82) is 0 Å². The van der Waals surface area contributed by atoms with E-state index in [1.165, 1.54) is 13.1 Å². The molecule has 1 aliphatic rings. The van der Waals surface area contributed by atoms with Crippen molar-refractivity contribution in [2.75, 3.05) is 24.6 Å². The van der Waals surface area contributed by atoms with E-state index < -0.39 is 16.1 Å². The first-order chi connectivity index (χ1) is 8.94. The van der Waals surface area contributed by atoms with Gasteiger partial charge in [0.2, 0.25) is 10.0 Å². The Balaban J connectivity index is 2.19. The van der Waals surface area contributed by atoms with Gasteiger partial charge >= 0.3 is 0 Å². The summed E-state index contributed by atoms with van der Waals surface area (Å²) in [4.78, 5) is 0.0954. The van der Waals surface area contributed by atoms with Gasteiger partial charge in [0.25, 0.3) is 0 Å². The minimum absolute atomic E-state index is 0.0954. The second kappa shape index (κ2) is 5.36. The van der Waals surface area contributed by atoms with E-state index in [0.29, 0.717) is 23.8 Å². The molecule has 1 aromatic rings. The second-order valence-corrected chi connectivity index (χ2v) is 6.60. The van der Waals surface area contributed by atoms with Crippen molar-refractivity contribution in [1.82, 2.24) is 4.72 Å². The Hall–Kier alpha value is -1.31. The van der Waals surface area contributed by atoms with E-state index in [4.69, 9.17) is 5.73 Å². The van der Waals surface area contributed by atoms with Gasteiger partial charge in [0.05, 0.1) is 11.8 Å². The van der Waals surface area contributed by atoms with Crippen LogP contribution in [0.1, 0.15) is 12.8 Å². The smallest absolute Gasteiger partial charge is 0.242 e. The molecular weight excluding hydrogens is 266 g/mol. The molecule has 0 aromatic heterocycles. The van der Waals surface area contributed by atoms with Crippen LogP contribution in [0.5, 0.6) is 0 Å². The molecule has 1 saturated carbocycles. The van der Waals surface area contributed by atoms with Crippen LogP contribution in [-0.4, -0.2) is 33.2 Å². The molecule has 5 N–H and O–H groups in total. The van der Waals surface area contributed by atoms with Crippen LogP contribution in [0.2, 0.25) is 0 Å². The molecule has 0 heterocycles. The minimum Gasteiger partial charge on any atom is -0.399 e. The van der Waals surface area contributed by atoms with Gasteiger partial charge in [0.15, 0.2) is 0 Å². The van der Waals surface area contributed by atoms with Crippen LogP contribution in [0.15, 0.2) is 23.1 Å². The van der Waals surface area contributed by atoms with Crippen LogP contribution in [0, 0.1) is 5.92 Å². The zero-order valence-electron chi connectivity index (χ0n) is 10.8. The van der Waals surface area contributed by atoms with E-state index in [2.05, 4.69) is 10.0 Å². The summed E-state index contributed by atoms with van der Waals surface area (Å²) >= 11 is 0. The average Bonchev–Trinajstić information content (AvgIpc) is 3.21. The van der Waals surface area contributed by atoms with Crippen LogP contribution < -0.4 is 15.8 Å². The molecule has 0 bridgehead atoms. The van der Waals surface area contributed by atoms with Gasteiger partial charge in [-0.15, -0.1) is 0 Å². The lowest BCUT2D eigenvalue weighted by atomic mass is 10.2. The Morgan fingerprint density at radius 1 is 1.47 bits per heavy atom. The predicted molar refractivity (Wildman–Crippen MR) is 74.3 cm³/mol. The highest BCUT2D eigenvalue weighted by Gasteiger charge is 2.29. The van der Waals surface area contributed by atoms with E-state index in [1.807, 2.05) is 0 Å². The fourth-order valence-corrected chi connectivity index (χ4v) is 2.82. The summed E-state index contributed by atoms with van der Waals surface area (Å²) in [5.74, 6) is 0.339. The number of sulfonamides is 1. The van der Waals surface area contributed by atoms with Gasteiger partial charge in [-0.1, -0.05) is 0 Å². The fourth-order valence-electron chi connectivity index (χ4n) is 1.88. The van der Waals surface area contributed by atoms with Crippen molar-refractivity contribution in [2.24, 2.45) is 5.92 Å². The van der Waals surface area contributed by atoms with Gasteiger partial charge in [-0.05, 0) is 44.0 Å². The lowest BCUT2D eigenvalue weighted by Gasteiger charge is -2.15. The number of nitrogens with two attached hydrogens (primary N) is 1. The minimum atomic E-state index is -3.58. The van der Waals surface area contributed by atoms with Gasteiger partial charge in [0, 0.05) is 12.2 Å². The molecule has 19 heavy (non-hydrogen) atoms. The van der Waals surface area contributed by atoms with Crippen molar-refractivity contribution in [3.8, 4) is 0 Å². The van der Waals surface area contributed by atoms with Gasteiger partial charge in [-0.3, -0.25) is 0 Å². The molecule has 0 aliphatic heterocycles. The third-order valence-electron chi connectivity index (χ3n) is 3.23. The number of aliphatic hydroxyl groups is 1. The molecule has 0 amide bonds. The molecule has 0 radical (unpaired) electrons. The van der Waals surface area contributed by atoms with Crippen LogP contribution >= 0.6 is 0 Å². The number of hydrogen-bond acceptors (Lipinski definition) is 5. The van der Waals surface area contributed by atoms with Gasteiger partial charge < -0.3 is 16.2 Å². The first-order valence-corrected chi connectivity index (χ1v) is 7.67. The zero-order chi connectivity index (χ0) is 14.0. The van der Waals surface area contributed by atoms with E-state index in [9.17, 15) is 13.5 Å². The molecule has 0 saturated heterocycles. The van der Waals surface area contributed by atoms with Crippen molar-refractivity contribution >= 4 is 21.4 Å². The largest absolute Gasteiger partial charge is 0.399 e.